The van der Waals surface area contributed by atoms with Gasteiger partial charge < -0.3 is 4.98 Å². The second-order valence-corrected chi connectivity index (χ2v) is 5.07. The summed E-state index contributed by atoms with van der Waals surface area (Å²) in [5, 5.41) is 15.3. The monoisotopic (exact) mass is 325 g/mol. The van der Waals surface area contributed by atoms with E-state index in [9.17, 15) is 19.3 Å². The first-order valence-electron chi connectivity index (χ1n) is 6.87. The van der Waals surface area contributed by atoms with Crippen LogP contribution < -0.4 is 5.69 Å². The lowest BCUT2D eigenvalue weighted by Gasteiger charge is -1.99. The number of rotatable bonds is 2. The Morgan fingerprint density at radius 1 is 1.21 bits per heavy atom. The Labute approximate surface area is 132 Å². The van der Waals surface area contributed by atoms with Crippen LogP contribution in [0.2, 0.25) is 0 Å². The molecule has 0 radical (unpaired) electrons. The molecule has 0 unspecified atom stereocenters. The van der Waals surface area contributed by atoms with Gasteiger partial charge in [-0.2, -0.15) is 4.52 Å². The molecule has 0 spiro atoms. The minimum absolute atomic E-state index is 0.0256. The zero-order chi connectivity index (χ0) is 16.8. The summed E-state index contributed by atoms with van der Waals surface area (Å²) in [7, 11) is 0. The van der Waals surface area contributed by atoms with Crippen LogP contribution in [0.3, 0.4) is 0 Å². The molecule has 4 aromatic rings. The van der Waals surface area contributed by atoms with Gasteiger partial charge in [0.1, 0.15) is 5.82 Å². The Kier molecular flexibility index (Phi) is 2.89. The molecule has 0 aliphatic heterocycles. The van der Waals surface area contributed by atoms with E-state index in [1.807, 2.05) is 0 Å². The van der Waals surface area contributed by atoms with Crippen molar-refractivity contribution < 1.29 is 9.31 Å². The normalized spacial score (nSPS) is 11.2. The van der Waals surface area contributed by atoms with E-state index in [0.717, 1.165) is 4.52 Å². The molecular weight excluding hydrogens is 317 g/mol. The fourth-order valence-electron chi connectivity index (χ4n) is 2.49. The molecule has 0 amide bonds. The third kappa shape index (κ3) is 2.02. The van der Waals surface area contributed by atoms with Gasteiger partial charge in [-0.1, -0.05) is 12.1 Å². The fourth-order valence-corrected chi connectivity index (χ4v) is 2.49. The van der Waals surface area contributed by atoms with Crippen molar-refractivity contribution in [3.8, 4) is 11.4 Å². The van der Waals surface area contributed by atoms with Crippen molar-refractivity contribution in [2.45, 2.75) is 0 Å². The largest absolute Gasteiger partial charge is 0.348 e. The summed E-state index contributed by atoms with van der Waals surface area (Å²) in [6.07, 6.45) is 0. The van der Waals surface area contributed by atoms with Crippen molar-refractivity contribution >= 4 is 22.2 Å². The number of nitro groups is 1. The molecular formula is C15H8FN5O3. The number of fused-ring (bicyclic) bond motifs is 3. The van der Waals surface area contributed by atoms with Crippen molar-refractivity contribution in [2.75, 3.05) is 0 Å². The van der Waals surface area contributed by atoms with E-state index in [0.29, 0.717) is 10.9 Å². The highest BCUT2D eigenvalue weighted by molar-refractivity contribution is 5.93. The van der Waals surface area contributed by atoms with Gasteiger partial charge in [0.15, 0.2) is 11.5 Å². The molecule has 0 atom stereocenters. The van der Waals surface area contributed by atoms with Crippen LogP contribution in [-0.4, -0.2) is 24.5 Å². The first kappa shape index (κ1) is 14.0. The number of nitrogens with one attached hydrogen (secondary N) is 1. The second kappa shape index (κ2) is 4.95. The van der Waals surface area contributed by atoms with Crippen molar-refractivity contribution in [1.29, 1.82) is 0 Å². The number of hydrogen-bond acceptors (Lipinski definition) is 5. The Morgan fingerprint density at radius 3 is 2.75 bits per heavy atom. The van der Waals surface area contributed by atoms with E-state index in [1.54, 1.807) is 6.07 Å². The highest BCUT2D eigenvalue weighted by Gasteiger charge is 2.16. The predicted molar refractivity (Wildman–Crippen MR) is 83.2 cm³/mol. The van der Waals surface area contributed by atoms with Gasteiger partial charge in [-0.3, -0.25) is 10.1 Å². The lowest BCUT2D eigenvalue weighted by Crippen LogP contribution is -2.17. The van der Waals surface area contributed by atoms with Crippen molar-refractivity contribution in [3.63, 3.8) is 0 Å². The average Bonchev–Trinajstić information content (AvgIpc) is 3.01. The van der Waals surface area contributed by atoms with Crippen LogP contribution in [0.25, 0.3) is 27.9 Å². The molecule has 2 heterocycles. The van der Waals surface area contributed by atoms with E-state index >= 15 is 0 Å². The van der Waals surface area contributed by atoms with E-state index in [1.165, 1.54) is 36.4 Å². The molecule has 0 fully saturated rings. The number of nitro benzene ring substituents is 1. The van der Waals surface area contributed by atoms with Gasteiger partial charge in [-0.25, -0.2) is 14.2 Å². The predicted octanol–water partition coefficient (Wildman–Crippen LogP) is 2.29. The number of aromatic nitrogens is 4. The summed E-state index contributed by atoms with van der Waals surface area (Å²) in [5.41, 5.74) is -0.0752. The molecule has 0 aliphatic rings. The van der Waals surface area contributed by atoms with Gasteiger partial charge in [0.2, 0.25) is 0 Å². The van der Waals surface area contributed by atoms with Crippen LogP contribution in [0.4, 0.5) is 10.1 Å². The molecule has 0 bridgehead atoms. The number of benzene rings is 2. The standard InChI is InChI=1S/C15H8FN5O3/c16-11-4-2-1-3-9(11)13-18-14-10-7-8(21(23)24)5-6-12(10)17-15(22)20(14)19-13/h1-7H,(H,17,22). The molecule has 2 aromatic heterocycles. The first-order valence-corrected chi connectivity index (χ1v) is 6.87. The molecule has 4 rings (SSSR count). The number of nitrogens with zero attached hydrogens (tertiary/aromatic N) is 4. The molecule has 0 saturated carbocycles. The first-order chi connectivity index (χ1) is 11.5. The second-order valence-electron chi connectivity index (χ2n) is 5.07. The maximum atomic E-state index is 13.9. The Bertz CT molecular complexity index is 1180. The minimum Gasteiger partial charge on any atom is -0.305 e. The van der Waals surface area contributed by atoms with E-state index in [4.69, 9.17) is 0 Å². The summed E-state index contributed by atoms with van der Waals surface area (Å²) < 4.78 is 14.9. The summed E-state index contributed by atoms with van der Waals surface area (Å²) in [4.78, 5) is 29.3. The zero-order valence-electron chi connectivity index (χ0n) is 11.9. The van der Waals surface area contributed by atoms with E-state index in [2.05, 4.69) is 15.1 Å². The highest BCUT2D eigenvalue weighted by atomic mass is 19.1. The van der Waals surface area contributed by atoms with E-state index in [-0.39, 0.29) is 22.7 Å². The summed E-state index contributed by atoms with van der Waals surface area (Å²) in [6.45, 7) is 0. The highest BCUT2D eigenvalue weighted by Crippen LogP contribution is 2.24. The van der Waals surface area contributed by atoms with Crippen LogP contribution in [0.15, 0.2) is 47.3 Å². The number of halogens is 1. The Hall–Kier alpha value is -3.62. The molecule has 2 aromatic carbocycles. The minimum atomic E-state index is -0.568. The Balaban J connectivity index is 2.08. The zero-order valence-corrected chi connectivity index (χ0v) is 11.9. The quantitative estimate of drug-likeness (QED) is 0.449. The lowest BCUT2D eigenvalue weighted by molar-refractivity contribution is -0.384. The molecule has 0 saturated heterocycles. The molecule has 118 valence electrons. The molecule has 24 heavy (non-hydrogen) atoms. The summed E-state index contributed by atoms with van der Waals surface area (Å²) in [5.74, 6) is -0.502. The third-order valence-corrected chi connectivity index (χ3v) is 3.61. The molecule has 1 N–H and O–H groups in total. The number of hydrogen-bond donors (Lipinski definition) is 1. The Morgan fingerprint density at radius 2 is 2.00 bits per heavy atom. The van der Waals surface area contributed by atoms with Crippen molar-refractivity contribution in [1.82, 2.24) is 19.6 Å². The van der Waals surface area contributed by atoms with Crippen LogP contribution in [-0.2, 0) is 0 Å². The van der Waals surface area contributed by atoms with Gasteiger partial charge in [0.25, 0.3) is 5.69 Å². The lowest BCUT2D eigenvalue weighted by atomic mass is 10.2. The van der Waals surface area contributed by atoms with Gasteiger partial charge in [0, 0.05) is 17.5 Å². The maximum Gasteiger partial charge on any atom is 0.348 e. The summed E-state index contributed by atoms with van der Waals surface area (Å²) >= 11 is 0. The summed E-state index contributed by atoms with van der Waals surface area (Å²) in [6, 6.07) is 9.89. The van der Waals surface area contributed by atoms with Crippen molar-refractivity contribution in [3.05, 3.63) is 68.9 Å². The third-order valence-electron chi connectivity index (χ3n) is 3.61. The SMILES string of the molecule is O=c1[nH]c2ccc([N+](=O)[O-])cc2c2nc(-c3ccccc3F)nn12. The van der Waals surface area contributed by atoms with Gasteiger partial charge in [-0.15, -0.1) is 5.10 Å². The topological polar surface area (TPSA) is 106 Å². The van der Waals surface area contributed by atoms with Gasteiger partial charge >= 0.3 is 5.69 Å². The molecule has 0 aliphatic carbocycles. The van der Waals surface area contributed by atoms with Crippen LogP contribution in [0.5, 0.6) is 0 Å². The number of H-pyrrole nitrogens is 1. The smallest absolute Gasteiger partial charge is 0.305 e. The number of non-ortho nitro benzene ring substituents is 1. The van der Waals surface area contributed by atoms with Gasteiger partial charge in [0.05, 0.1) is 16.0 Å². The van der Waals surface area contributed by atoms with E-state index < -0.39 is 16.4 Å². The van der Waals surface area contributed by atoms with Crippen LogP contribution in [0.1, 0.15) is 0 Å². The number of aromatic amines is 1. The maximum absolute atomic E-state index is 13.9. The molecule has 9 heteroatoms. The van der Waals surface area contributed by atoms with Gasteiger partial charge in [-0.05, 0) is 18.2 Å². The van der Waals surface area contributed by atoms with Crippen LogP contribution >= 0.6 is 0 Å². The fraction of sp³-hybridized carbons (Fsp3) is 0. The molecule has 8 nitrogen and oxygen atoms in total. The van der Waals surface area contributed by atoms with Crippen molar-refractivity contribution in [2.24, 2.45) is 0 Å². The van der Waals surface area contributed by atoms with Crippen LogP contribution in [0, 0.1) is 15.9 Å². The average molecular weight is 325 g/mol.